The van der Waals surface area contributed by atoms with E-state index < -0.39 is 23.4 Å². The molecule has 8 nitrogen and oxygen atoms in total. The van der Waals surface area contributed by atoms with E-state index in [0.717, 1.165) is 17.4 Å². The van der Waals surface area contributed by atoms with Crippen molar-refractivity contribution in [1.82, 2.24) is 4.98 Å². The van der Waals surface area contributed by atoms with Gasteiger partial charge in [0.15, 0.2) is 11.7 Å². The molecular weight excluding hydrogens is 389 g/mol. The molecule has 0 radical (unpaired) electrons. The molecule has 0 saturated heterocycles. The van der Waals surface area contributed by atoms with Crippen LogP contribution in [0.3, 0.4) is 0 Å². The number of aromatic nitrogens is 1. The van der Waals surface area contributed by atoms with E-state index in [-0.39, 0.29) is 22.2 Å². The van der Waals surface area contributed by atoms with E-state index in [0.29, 0.717) is 11.3 Å². The summed E-state index contributed by atoms with van der Waals surface area (Å²) in [6.07, 6.45) is 0. The van der Waals surface area contributed by atoms with Crippen molar-refractivity contribution in [2.75, 3.05) is 11.9 Å². The second-order valence-electron chi connectivity index (χ2n) is 5.48. The summed E-state index contributed by atoms with van der Waals surface area (Å²) in [5.41, 5.74) is 0.967. The van der Waals surface area contributed by atoms with Crippen molar-refractivity contribution in [2.24, 2.45) is 0 Å². The first-order valence-corrected chi connectivity index (χ1v) is 8.73. The lowest BCUT2D eigenvalue weighted by molar-refractivity contribution is -0.384. The maximum atomic E-state index is 13.0. The number of nitrogens with zero attached hydrogens (tertiary/aromatic N) is 2. The predicted octanol–water partition coefficient (Wildman–Crippen LogP) is 3.65. The van der Waals surface area contributed by atoms with Gasteiger partial charge in [-0.25, -0.2) is 14.2 Å². The lowest BCUT2D eigenvalue weighted by Gasteiger charge is -2.04. The molecule has 1 N–H and O–H groups in total. The minimum absolute atomic E-state index is 0.0326. The number of non-ortho nitro benzene ring substituents is 1. The summed E-state index contributed by atoms with van der Waals surface area (Å²) < 4.78 is 17.8. The minimum atomic E-state index is -0.856. The molecule has 0 aliphatic heterocycles. The van der Waals surface area contributed by atoms with Crippen LogP contribution in [0.2, 0.25) is 0 Å². The zero-order valence-electron chi connectivity index (χ0n) is 14.1. The van der Waals surface area contributed by atoms with E-state index in [1.54, 1.807) is 17.5 Å². The summed E-state index contributed by atoms with van der Waals surface area (Å²) in [4.78, 5) is 38.2. The Morgan fingerprint density at radius 2 is 1.96 bits per heavy atom. The molecule has 3 rings (SSSR count). The van der Waals surface area contributed by atoms with Crippen LogP contribution in [-0.4, -0.2) is 28.4 Å². The normalized spacial score (nSPS) is 10.3. The molecule has 10 heteroatoms. The van der Waals surface area contributed by atoms with Crippen LogP contribution >= 0.6 is 11.3 Å². The average molecular weight is 401 g/mol. The molecule has 1 aromatic heterocycles. The highest BCUT2D eigenvalue weighted by atomic mass is 32.1. The second kappa shape index (κ2) is 8.35. The molecule has 0 spiro atoms. The highest BCUT2D eigenvalue weighted by Gasteiger charge is 2.15. The average Bonchev–Trinajstić information content (AvgIpc) is 3.15. The number of nitrogens with one attached hydrogen (secondary N) is 1. The van der Waals surface area contributed by atoms with Gasteiger partial charge >= 0.3 is 5.97 Å². The number of nitro benzene ring substituents is 1. The Kier molecular flexibility index (Phi) is 5.70. The number of esters is 1. The van der Waals surface area contributed by atoms with Crippen LogP contribution in [0.1, 0.15) is 10.4 Å². The van der Waals surface area contributed by atoms with Crippen molar-refractivity contribution in [3.8, 4) is 11.3 Å². The van der Waals surface area contributed by atoms with Crippen molar-refractivity contribution >= 4 is 34.0 Å². The Bertz CT molecular complexity index is 1040. The molecule has 0 aliphatic carbocycles. The summed E-state index contributed by atoms with van der Waals surface area (Å²) in [5.74, 6) is -1.83. The molecule has 3 aromatic rings. The first-order valence-electron chi connectivity index (χ1n) is 7.85. The molecule has 0 unspecified atom stereocenters. The van der Waals surface area contributed by atoms with Crippen molar-refractivity contribution in [3.63, 3.8) is 0 Å². The largest absolute Gasteiger partial charge is 0.452 e. The van der Waals surface area contributed by atoms with Gasteiger partial charge in [0.05, 0.1) is 16.2 Å². The number of nitro groups is 1. The van der Waals surface area contributed by atoms with Crippen LogP contribution in [0, 0.1) is 15.9 Å². The molecule has 0 aliphatic rings. The van der Waals surface area contributed by atoms with Gasteiger partial charge in [-0.3, -0.25) is 20.2 Å². The number of ether oxygens (including phenoxy) is 1. The number of hydrogen-bond acceptors (Lipinski definition) is 7. The number of anilines is 1. The Hall–Kier alpha value is -3.66. The van der Waals surface area contributed by atoms with Gasteiger partial charge in [0.2, 0.25) is 0 Å². The summed E-state index contributed by atoms with van der Waals surface area (Å²) in [5, 5.41) is 15.2. The number of hydrogen-bond donors (Lipinski definition) is 1. The molecule has 2 aromatic carbocycles. The number of carbonyl (C=O) groups excluding carboxylic acids is 2. The van der Waals surface area contributed by atoms with E-state index in [1.807, 2.05) is 0 Å². The lowest BCUT2D eigenvalue weighted by atomic mass is 10.2. The molecule has 142 valence electrons. The van der Waals surface area contributed by atoms with Crippen LogP contribution in [0.25, 0.3) is 11.3 Å². The van der Waals surface area contributed by atoms with Gasteiger partial charge in [0.1, 0.15) is 5.82 Å². The van der Waals surface area contributed by atoms with Gasteiger partial charge < -0.3 is 4.74 Å². The van der Waals surface area contributed by atoms with Crippen LogP contribution in [0.5, 0.6) is 0 Å². The first kappa shape index (κ1) is 19.1. The van der Waals surface area contributed by atoms with Crippen molar-refractivity contribution in [1.29, 1.82) is 0 Å². The van der Waals surface area contributed by atoms with Gasteiger partial charge in [-0.15, -0.1) is 11.3 Å². The Morgan fingerprint density at radius 3 is 2.68 bits per heavy atom. The number of rotatable bonds is 6. The fourth-order valence-corrected chi connectivity index (χ4v) is 2.94. The third kappa shape index (κ3) is 4.74. The number of thiazole rings is 1. The second-order valence-corrected chi connectivity index (χ2v) is 6.33. The molecular formula is C18H12FN3O5S. The van der Waals surface area contributed by atoms with Gasteiger partial charge in [0.25, 0.3) is 11.6 Å². The van der Waals surface area contributed by atoms with Crippen LogP contribution in [0.15, 0.2) is 53.9 Å². The lowest BCUT2D eigenvalue weighted by Crippen LogP contribution is -2.20. The quantitative estimate of drug-likeness (QED) is 0.383. The third-order valence-corrected chi connectivity index (χ3v) is 4.28. The number of halogens is 1. The Morgan fingerprint density at radius 1 is 1.21 bits per heavy atom. The van der Waals surface area contributed by atoms with Crippen molar-refractivity contribution in [3.05, 3.63) is 75.4 Å². The first-order chi connectivity index (χ1) is 13.4. The van der Waals surface area contributed by atoms with E-state index in [4.69, 9.17) is 4.74 Å². The van der Waals surface area contributed by atoms with Gasteiger partial charge in [0, 0.05) is 23.1 Å². The van der Waals surface area contributed by atoms with E-state index in [2.05, 4.69) is 10.3 Å². The molecule has 0 atom stereocenters. The fourth-order valence-electron chi connectivity index (χ4n) is 2.20. The summed E-state index contributed by atoms with van der Waals surface area (Å²) in [6, 6.07) is 10.7. The zero-order valence-corrected chi connectivity index (χ0v) is 14.9. The Balaban J connectivity index is 1.56. The molecule has 0 saturated carbocycles. The summed E-state index contributed by atoms with van der Waals surface area (Å²) >= 11 is 1.16. The molecule has 0 fully saturated rings. The fraction of sp³-hybridized carbons (Fsp3) is 0.0556. The van der Waals surface area contributed by atoms with Crippen LogP contribution in [-0.2, 0) is 9.53 Å². The van der Waals surface area contributed by atoms with Crippen molar-refractivity contribution in [2.45, 2.75) is 0 Å². The van der Waals surface area contributed by atoms with E-state index in [1.165, 1.54) is 30.3 Å². The standard InChI is InChI=1S/C18H12FN3O5S/c19-13-6-4-11(5-7-13)15-10-28-18(20-15)21-16(23)9-27-17(24)12-2-1-3-14(8-12)22(25)26/h1-8,10H,9H2,(H,20,21,23). The summed E-state index contributed by atoms with van der Waals surface area (Å²) in [7, 11) is 0. The molecule has 1 amide bonds. The highest BCUT2D eigenvalue weighted by Crippen LogP contribution is 2.25. The van der Waals surface area contributed by atoms with Crippen LogP contribution in [0.4, 0.5) is 15.2 Å². The SMILES string of the molecule is O=C(COC(=O)c1cccc([N+](=O)[O-])c1)Nc1nc(-c2ccc(F)cc2)cs1. The molecule has 1 heterocycles. The topological polar surface area (TPSA) is 111 Å². The maximum absolute atomic E-state index is 13.0. The zero-order chi connectivity index (χ0) is 20.1. The monoisotopic (exact) mass is 401 g/mol. The number of amides is 1. The van der Waals surface area contributed by atoms with Gasteiger partial charge in [-0.2, -0.15) is 0 Å². The molecule has 0 bridgehead atoms. The Labute approximate surface area is 161 Å². The van der Waals surface area contributed by atoms with Gasteiger partial charge in [-0.1, -0.05) is 6.07 Å². The maximum Gasteiger partial charge on any atom is 0.338 e. The highest BCUT2D eigenvalue weighted by molar-refractivity contribution is 7.14. The van der Waals surface area contributed by atoms with Gasteiger partial charge in [-0.05, 0) is 30.3 Å². The molecule has 28 heavy (non-hydrogen) atoms. The summed E-state index contributed by atoms with van der Waals surface area (Å²) in [6.45, 7) is -0.576. The predicted molar refractivity (Wildman–Crippen MR) is 99.5 cm³/mol. The van der Waals surface area contributed by atoms with E-state index in [9.17, 15) is 24.1 Å². The third-order valence-electron chi connectivity index (χ3n) is 3.52. The minimum Gasteiger partial charge on any atom is -0.452 e. The van der Waals surface area contributed by atoms with Crippen molar-refractivity contribution < 1.29 is 23.6 Å². The number of benzene rings is 2. The number of carbonyl (C=O) groups is 2. The van der Waals surface area contributed by atoms with Crippen LogP contribution < -0.4 is 5.32 Å². The van der Waals surface area contributed by atoms with E-state index >= 15 is 0 Å². The smallest absolute Gasteiger partial charge is 0.338 e.